The van der Waals surface area contributed by atoms with Gasteiger partial charge in [0.15, 0.2) is 11.5 Å². The molecule has 1 aliphatic rings. The molecule has 0 aliphatic carbocycles. The van der Waals surface area contributed by atoms with Crippen LogP contribution in [0.15, 0.2) is 30.3 Å². The van der Waals surface area contributed by atoms with E-state index in [1.807, 2.05) is 31.1 Å². The zero-order valence-corrected chi connectivity index (χ0v) is 16.1. The van der Waals surface area contributed by atoms with Gasteiger partial charge in [0.25, 0.3) is 0 Å². The van der Waals surface area contributed by atoms with Crippen molar-refractivity contribution in [1.29, 1.82) is 0 Å². The zero-order valence-electron chi connectivity index (χ0n) is 15.3. The van der Waals surface area contributed by atoms with Gasteiger partial charge in [0, 0.05) is 23.7 Å². The first-order valence-electron chi connectivity index (χ1n) is 8.67. The number of halogens is 2. The van der Waals surface area contributed by atoms with E-state index in [4.69, 9.17) is 21.1 Å². The van der Waals surface area contributed by atoms with Crippen LogP contribution in [0.5, 0.6) is 11.5 Å². The number of rotatable bonds is 6. The highest BCUT2D eigenvalue weighted by molar-refractivity contribution is 6.31. The van der Waals surface area contributed by atoms with E-state index in [0.29, 0.717) is 28.7 Å². The average molecular weight is 379 g/mol. The molecule has 3 rings (SSSR count). The summed E-state index contributed by atoms with van der Waals surface area (Å²) in [4.78, 5) is 2.05. The predicted molar refractivity (Wildman–Crippen MR) is 102 cm³/mol. The number of likely N-dealkylation sites (N-methyl/N-ethyl adjacent to an activating group) is 1. The summed E-state index contributed by atoms with van der Waals surface area (Å²) in [5, 5.41) is 3.80. The Balaban J connectivity index is 2.00. The first-order chi connectivity index (χ1) is 12.5. The van der Waals surface area contributed by atoms with Crippen molar-refractivity contribution in [3.8, 4) is 11.5 Å². The lowest BCUT2D eigenvalue weighted by Crippen LogP contribution is -2.31. The number of nitrogens with zero attached hydrogens (tertiary/aromatic N) is 1. The van der Waals surface area contributed by atoms with Gasteiger partial charge in [-0.15, -0.1) is 0 Å². The monoisotopic (exact) mass is 378 g/mol. The highest BCUT2D eigenvalue weighted by atomic mass is 35.5. The van der Waals surface area contributed by atoms with Crippen molar-refractivity contribution in [3.05, 3.63) is 57.9 Å². The zero-order chi connectivity index (χ0) is 18.7. The smallest absolute Gasteiger partial charge is 0.161 e. The Morgan fingerprint density at radius 1 is 1.27 bits per heavy atom. The molecule has 1 unspecified atom stereocenters. The first kappa shape index (κ1) is 19.0. The molecule has 0 fully saturated rings. The van der Waals surface area contributed by atoms with Crippen LogP contribution in [0.3, 0.4) is 0 Å². The third-order valence-corrected chi connectivity index (χ3v) is 4.89. The lowest BCUT2D eigenvalue weighted by molar-refractivity contribution is 0.250. The molecule has 0 amide bonds. The summed E-state index contributed by atoms with van der Waals surface area (Å²) < 4.78 is 25.9. The Kier molecular flexibility index (Phi) is 6.01. The van der Waals surface area contributed by atoms with Crippen LogP contribution in [0.2, 0.25) is 5.02 Å². The molecule has 0 saturated heterocycles. The molecule has 1 atom stereocenters. The van der Waals surface area contributed by atoms with Gasteiger partial charge in [-0.25, -0.2) is 4.39 Å². The van der Waals surface area contributed by atoms with Gasteiger partial charge in [-0.1, -0.05) is 17.7 Å². The maximum atomic E-state index is 14.5. The van der Waals surface area contributed by atoms with Gasteiger partial charge >= 0.3 is 0 Å². The van der Waals surface area contributed by atoms with Gasteiger partial charge in [0.05, 0.1) is 13.2 Å². The summed E-state index contributed by atoms with van der Waals surface area (Å²) in [6.07, 6.45) is 0.840. The van der Waals surface area contributed by atoms with Gasteiger partial charge in [-0.3, -0.25) is 0 Å². The second kappa shape index (κ2) is 8.25. The maximum Gasteiger partial charge on any atom is 0.161 e. The molecule has 1 heterocycles. The van der Waals surface area contributed by atoms with Crippen molar-refractivity contribution >= 4 is 11.6 Å². The first-order valence-corrected chi connectivity index (χ1v) is 9.04. The summed E-state index contributed by atoms with van der Waals surface area (Å²) >= 11 is 6.30. The summed E-state index contributed by atoms with van der Waals surface area (Å²) in [5.41, 5.74) is 2.56. The minimum atomic E-state index is -0.311. The summed E-state index contributed by atoms with van der Waals surface area (Å²) in [7, 11) is 5.62. The van der Waals surface area contributed by atoms with Crippen molar-refractivity contribution in [3.63, 3.8) is 0 Å². The van der Waals surface area contributed by atoms with Crippen LogP contribution >= 0.6 is 11.6 Å². The van der Waals surface area contributed by atoms with Gasteiger partial charge in [-0.2, -0.15) is 0 Å². The van der Waals surface area contributed by atoms with Crippen LogP contribution in [0.25, 0.3) is 0 Å². The number of hydrogen-bond acceptors (Lipinski definition) is 4. The molecule has 1 aliphatic heterocycles. The molecule has 0 spiro atoms. The van der Waals surface area contributed by atoms with Crippen molar-refractivity contribution < 1.29 is 13.9 Å². The van der Waals surface area contributed by atoms with E-state index in [1.165, 1.54) is 6.07 Å². The number of methoxy groups -OCH3 is 1. The van der Waals surface area contributed by atoms with Gasteiger partial charge in [-0.05, 0) is 55.9 Å². The van der Waals surface area contributed by atoms with Crippen LogP contribution in [0, 0.1) is 5.82 Å². The number of nitrogens with one attached hydrogen (secondary N) is 1. The minimum Gasteiger partial charge on any atom is -0.493 e. The minimum absolute atomic E-state index is 0.311. The van der Waals surface area contributed by atoms with Crippen LogP contribution in [-0.4, -0.2) is 45.8 Å². The molecule has 1 N–H and O–H groups in total. The van der Waals surface area contributed by atoms with Crippen molar-refractivity contribution in [1.82, 2.24) is 10.2 Å². The largest absolute Gasteiger partial charge is 0.493 e. The Morgan fingerprint density at radius 2 is 2.08 bits per heavy atom. The molecule has 0 saturated carbocycles. The van der Waals surface area contributed by atoms with Crippen LogP contribution < -0.4 is 14.8 Å². The highest BCUT2D eigenvalue weighted by Gasteiger charge is 2.27. The van der Waals surface area contributed by atoms with Crippen LogP contribution in [0.4, 0.5) is 4.39 Å². The van der Waals surface area contributed by atoms with E-state index in [-0.39, 0.29) is 11.9 Å². The van der Waals surface area contributed by atoms with Gasteiger partial charge < -0.3 is 19.7 Å². The van der Waals surface area contributed by atoms with Gasteiger partial charge in [0.1, 0.15) is 12.4 Å². The maximum absolute atomic E-state index is 14.5. The molecule has 0 aromatic heterocycles. The third-order valence-electron chi connectivity index (χ3n) is 4.56. The number of ether oxygens (including phenoxy) is 2. The molecular weight excluding hydrogens is 355 g/mol. The highest BCUT2D eigenvalue weighted by Crippen LogP contribution is 2.39. The fourth-order valence-electron chi connectivity index (χ4n) is 3.22. The second-order valence-electron chi connectivity index (χ2n) is 6.63. The lowest BCUT2D eigenvalue weighted by atomic mass is 9.89. The Bertz CT molecular complexity index is 762. The Hall–Kier alpha value is -1.82. The predicted octanol–water partition coefficient (Wildman–Crippen LogP) is 3.66. The molecular formula is C20H24ClFN2O2. The standard InChI is InChI=1S/C20H24ClFN2O2/c1-24(2)9-10-26-18-12-14-13(11-17(18)25-3)7-8-23-20(14)19-15(21)5-4-6-16(19)22/h4-6,11-12,20,23H,7-10H2,1-3H3. The molecule has 6 heteroatoms. The van der Waals surface area contributed by atoms with E-state index in [2.05, 4.69) is 5.32 Å². The van der Waals surface area contributed by atoms with E-state index in [0.717, 1.165) is 30.6 Å². The second-order valence-corrected chi connectivity index (χ2v) is 7.03. The lowest BCUT2D eigenvalue weighted by Gasteiger charge is -2.29. The topological polar surface area (TPSA) is 33.7 Å². The fourth-order valence-corrected chi connectivity index (χ4v) is 3.49. The summed E-state index contributed by atoms with van der Waals surface area (Å²) in [6, 6.07) is 8.40. The molecule has 2 aromatic rings. The van der Waals surface area contributed by atoms with E-state index < -0.39 is 0 Å². The summed E-state index contributed by atoms with van der Waals surface area (Å²) in [5.74, 6) is 1.05. The van der Waals surface area contributed by atoms with Gasteiger partial charge in [0.2, 0.25) is 0 Å². The van der Waals surface area contributed by atoms with Crippen molar-refractivity contribution in [2.75, 3.05) is 40.9 Å². The van der Waals surface area contributed by atoms with Crippen molar-refractivity contribution in [2.24, 2.45) is 0 Å². The van der Waals surface area contributed by atoms with E-state index >= 15 is 0 Å². The van der Waals surface area contributed by atoms with E-state index in [9.17, 15) is 4.39 Å². The molecule has 2 aromatic carbocycles. The number of benzene rings is 2. The van der Waals surface area contributed by atoms with E-state index in [1.54, 1.807) is 19.2 Å². The van der Waals surface area contributed by atoms with Crippen molar-refractivity contribution in [2.45, 2.75) is 12.5 Å². The Morgan fingerprint density at radius 3 is 2.77 bits per heavy atom. The SMILES string of the molecule is COc1cc2c(cc1OCCN(C)C)C(c1c(F)cccc1Cl)NCC2. The summed E-state index contributed by atoms with van der Waals surface area (Å²) in [6.45, 7) is 2.08. The molecule has 4 nitrogen and oxygen atoms in total. The van der Waals surface area contributed by atoms with Crippen LogP contribution in [-0.2, 0) is 6.42 Å². The average Bonchev–Trinajstić information content (AvgIpc) is 2.61. The molecule has 140 valence electrons. The quantitative estimate of drug-likeness (QED) is 0.831. The fraction of sp³-hybridized carbons (Fsp3) is 0.400. The third kappa shape index (κ3) is 3.95. The molecule has 0 radical (unpaired) electrons. The Labute approximate surface area is 158 Å². The molecule has 26 heavy (non-hydrogen) atoms. The number of hydrogen-bond donors (Lipinski definition) is 1. The van der Waals surface area contributed by atoms with Crippen LogP contribution in [0.1, 0.15) is 22.7 Å². The normalized spacial score (nSPS) is 16.5. The molecule has 0 bridgehead atoms. The number of fused-ring (bicyclic) bond motifs is 1.